The van der Waals surface area contributed by atoms with Crippen molar-refractivity contribution >= 4 is 17.5 Å². The smallest absolute Gasteiger partial charge is 0.416 e. The van der Waals surface area contributed by atoms with Crippen molar-refractivity contribution in [1.29, 1.82) is 0 Å². The van der Waals surface area contributed by atoms with Gasteiger partial charge in [-0.2, -0.15) is 13.2 Å². The van der Waals surface area contributed by atoms with Gasteiger partial charge in [0.25, 0.3) is 11.8 Å². The van der Waals surface area contributed by atoms with Crippen molar-refractivity contribution in [1.82, 2.24) is 0 Å². The average molecular weight is 480 g/mol. The number of primary amides is 1. The molecule has 0 saturated carbocycles. The zero-order valence-electron chi connectivity index (χ0n) is 17.4. The van der Waals surface area contributed by atoms with Gasteiger partial charge in [-0.15, -0.1) is 0 Å². The molecule has 0 aromatic heterocycles. The van der Waals surface area contributed by atoms with Crippen LogP contribution in [0.1, 0.15) is 33.2 Å². The molecule has 4 N–H and O–H groups in total. The minimum absolute atomic E-state index is 0.101. The number of ether oxygens (including phenoxy) is 1. The highest BCUT2D eigenvalue weighted by Crippen LogP contribution is 2.35. The molecule has 0 aliphatic heterocycles. The van der Waals surface area contributed by atoms with Crippen LogP contribution in [-0.4, -0.2) is 16.9 Å². The first-order valence-corrected chi connectivity index (χ1v) is 9.60. The molecule has 3 aromatic rings. The molecule has 2 amide bonds. The highest BCUT2D eigenvalue weighted by atomic mass is 19.4. The Hall–Kier alpha value is -3.99. The van der Waals surface area contributed by atoms with Crippen molar-refractivity contribution in [3.05, 3.63) is 88.5 Å². The topological polar surface area (TPSA) is 102 Å². The molecule has 0 aliphatic rings. The van der Waals surface area contributed by atoms with E-state index in [1.807, 2.05) is 0 Å². The van der Waals surface area contributed by atoms with Gasteiger partial charge < -0.3 is 20.9 Å². The van der Waals surface area contributed by atoms with Gasteiger partial charge in [0.2, 0.25) is 0 Å². The molecule has 0 bridgehead atoms. The number of aliphatic hydroxyl groups excluding tert-OH is 1. The number of amides is 2. The largest absolute Gasteiger partial charge is 0.456 e. The maximum absolute atomic E-state index is 13.9. The number of hydrogen-bond acceptors (Lipinski definition) is 4. The predicted molar refractivity (Wildman–Crippen MR) is 111 cm³/mol. The molecule has 0 radical (unpaired) electrons. The quantitative estimate of drug-likeness (QED) is 0.439. The number of hydrogen-bond donors (Lipinski definition) is 3. The second-order valence-electron chi connectivity index (χ2n) is 7.22. The van der Waals surface area contributed by atoms with E-state index in [-0.39, 0.29) is 17.2 Å². The first kappa shape index (κ1) is 24.6. The number of benzene rings is 3. The van der Waals surface area contributed by atoms with Crippen molar-refractivity contribution < 1.29 is 41.4 Å². The van der Waals surface area contributed by atoms with Crippen LogP contribution in [-0.2, 0) is 11.0 Å². The summed E-state index contributed by atoms with van der Waals surface area (Å²) in [6.07, 6.45) is -6.78. The van der Waals surface area contributed by atoms with E-state index in [1.165, 1.54) is 13.0 Å². The van der Waals surface area contributed by atoms with E-state index in [2.05, 4.69) is 5.32 Å². The third-order valence-corrected chi connectivity index (χ3v) is 4.73. The molecule has 3 rings (SSSR count). The van der Waals surface area contributed by atoms with E-state index in [4.69, 9.17) is 10.5 Å². The summed E-state index contributed by atoms with van der Waals surface area (Å²) in [6.45, 7) is 1.51. The minimum atomic E-state index is -4.77. The fourth-order valence-corrected chi connectivity index (χ4v) is 3.00. The molecule has 6 nitrogen and oxygen atoms in total. The first-order chi connectivity index (χ1) is 15.9. The number of nitrogens with one attached hydrogen (secondary N) is 1. The van der Waals surface area contributed by atoms with Crippen molar-refractivity contribution in [3.63, 3.8) is 0 Å². The Balaban J connectivity index is 2.00. The Bertz CT molecular complexity index is 1260. The first-order valence-electron chi connectivity index (χ1n) is 9.60. The van der Waals surface area contributed by atoms with Gasteiger partial charge in [-0.25, -0.2) is 8.78 Å². The minimum Gasteiger partial charge on any atom is -0.456 e. The van der Waals surface area contributed by atoms with Crippen molar-refractivity contribution in [2.24, 2.45) is 5.73 Å². The van der Waals surface area contributed by atoms with E-state index >= 15 is 0 Å². The predicted octanol–water partition coefficient (Wildman–Crippen LogP) is 4.86. The maximum Gasteiger partial charge on any atom is 0.416 e. The van der Waals surface area contributed by atoms with Gasteiger partial charge in [-0.3, -0.25) is 9.59 Å². The van der Waals surface area contributed by atoms with Crippen LogP contribution in [0, 0.1) is 18.6 Å². The summed E-state index contributed by atoms with van der Waals surface area (Å²) < 4.78 is 72.7. The molecule has 0 heterocycles. The SMILES string of the molecule is Cc1cc(F)ccc1Oc1ccc(C(F)(F)F)cc1C(=O)Nc1ccc(F)c(C(O)C(N)=O)c1. The van der Waals surface area contributed by atoms with E-state index in [0.29, 0.717) is 17.7 Å². The molecule has 1 unspecified atom stereocenters. The van der Waals surface area contributed by atoms with Crippen LogP contribution in [0.2, 0.25) is 0 Å². The number of halogens is 5. The number of aryl methyl sites for hydroxylation is 1. The second-order valence-corrected chi connectivity index (χ2v) is 7.22. The van der Waals surface area contributed by atoms with Gasteiger partial charge in [0.05, 0.1) is 11.1 Å². The lowest BCUT2D eigenvalue weighted by Gasteiger charge is -2.16. The van der Waals surface area contributed by atoms with E-state index in [0.717, 1.165) is 36.4 Å². The Morgan fingerprint density at radius 1 is 1.00 bits per heavy atom. The van der Waals surface area contributed by atoms with Crippen molar-refractivity contribution in [3.8, 4) is 11.5 Å². The molecule has 0 aliphatic carbocycles. The lowest BCUT2D eigenvalue weighted by molar-refractivity contribution is -0.137. The standard InChI is InChI=1S/C23H17F5N2O4/c1-11-8-13(24)3-7-18(11)34-19-6-2-12(23(26,27)28)9-16(19)22(33)30-14-4-5-17(25)15(10-14)20(31)21(29)32/h2-10,20,31H,1H3,(H2,29,32)(H,30,33). The van der Waals surface area contributed by atoms with Crippen LogP contribution in [0.25, 0.3) is 0 Å². The molecule has 0 saturated heterocycles. The normalized spacial score (nSPS) is 12.2. The summed E-state index contributed by atoms with van der Waals surface area (Å²) >= 11 is 0. The average Bonchev–Trinajstić information content (AvgIpc) is 2.75. The van der Waals surface area contributed by atoms with Crippen LogP contribution >= 0.6 is 0 Å². The molecule has 0 spiro atoms. The Morgan fingerprint density at radius 2 is 1.68 bits per heavy atom. The van der Waals surface area contributed by atoms with Gasteiger partial charge in [0, 0.05) is 11.3 Å². The Kier molecular flexibility index (Phi) is 6.87. The highest BCUT2D eigenvalue weighted by Gasteiger charge is 2.32. The summed E-state index contributed by atoms with van der Waals surface area (Å²) in [4.78, 5) is 24.1. The van der Waals surface area contributed by atoms with E-state index in [1.54, 1.807) is 0 Å². The molecule has 178 valence electrons. The summed E-state index contributed by atoms with van der Waals surface area (Å²) in [7, 11) is 0. The van der Waals surface area contributed by atoms with E-state index < -0.39 is 52.4 Å². The van der Waals surface area contributed by atoms with E-state index in [9.17, 15) is 36.6 Å². The number of aliphatic hydroxyl groups is 1. The van der Waals surface area contributed by atoms with Crippen LogP contribution in [0.15, 0.2) is 54.6 Å². The molecule has 11 heteroatoms. The second kappa shape index (κ2) is 9.48. The van der Waals surface area contributed by atoms with Crippen LogP contribution < -0.4 is 15.8 Å². The van der Waals surface area contributed by atoms with Gasteiger partial charge in [-0.05, 0) is 67.1 Å². The number of carbonyl (C=O) groups excluding carboxylic acids is 2. The molecule has 3 aromatic carbocycles. The fourth-order valence-electron chi connectivity index (χ4n) is 3.00. The summed E-state index contributed by atoms with van der Waals surface area (Å²) in [5, 5.41) is 12.0. The van der Waals surface area contributed by atoms with Crippen molar-refractivity contribution in [2.45, 2.75) is 19.2 Å². The third-order valence-electron chi connectivity index (χ3n) is 4.73. The monoisotopic (exact) mass is 480 g/mol. The number of alkyl halides is 3. The van der Waals surface area contributed by atoms with Crippen molar-refractivity contribution in [2.75, 3.05) is 5.32 Å². The zero-order chi connectivity index (χ0) is 25.2. The Morgan fingerprint density at radius 3 is 2.29 bits per heavy atom. The highest BCUT2D eigenvalue weighted by molar-refractivity contribution is 6.06. The summed E-state index contributed by atoms with van der Waals surface area (Å²) in [6, 6.07) is 8.51. The third kappa shape index (κ3) is 5.49. The number of nitrogens with two attached hydrogens (primary N) is 1. The Labute approximate surface area is 189 Å². The lowest BCUT2D eigenvalue weighted by atomic mass is 10.1. The van der Waals surface area contributed by atoms with Crippen LogP contribution in [0.4, 0.5) is 27.6 Å². The zero-order valence-corrected chi connectivity index (χ0v) is 17.4. The van der Waals surface area contributed by atoms with Crippen LogP contribution in [0.5, 0.6) is 11.5 Å². The molecule has 0 fully saturated rings. The van der Waals surface area contributed by atoms with Crippen LogP contribution in [0.3, 0.4) is 0 Å². The summed E-state index contributed by atoms with van der Waals surface area (Å²) in [5.41, 5.74) is 2.96. The van der Waals surface area contributed by atoms with Gasteiger partial charge in [-0.1, -0.05) is 0 Å². The van der Waals surface area contributed by atoms with Gasteiger partial charge in [0.15, 0.2) is 6.10 Å². The molecule has 34 heavy (non-hydrogen) atoms. The molecular formula is C23H17F5N2O4. The molecular weight excluding hydrogens is 463 g/mol. The number of anilines is 1. The van der Waals surface area contributed by atoms with Gasteiger partial charge in [0.1, 0.15) is 23.1 Å². The molecule has 1 atom stereocenters. The lowest BCUT2D eigenvalue weighted by Crippen LogP contribution is -2.22. The fraction of sp³-hybridized carbons (Fsp3) is 0.130. The maximum atomic E-state index is 13.9. The van der Waals surface area contributed by atoms with Gasteiger partial charge >= 0.3 is 6.18 Å². The summed E-state index contributed by atoms with van der Waals surface area (Å²) in [5.74, 6) is -4.01. The number of rotatable bonds is 6. The number of carbonyl (C=O) groups is 2.